The van der Waals surface area contributed by atoms with Gasteiger partial charge in [-0.05, 0) is 49.0 Å². The third-order valence-corrected chi connectivity index (χ3v) is 4.78. The number of thiazole rings is 1. The van der Waals surface area contributed by atoms with Crippen molar-refractivity contribution in [3.8, 4) is 11.5 Å². The summed E-state index contributed by atoms with van der Waals surface area (Å²) in [7, 11) is 2.98. The number of aryl methyl sites for hydroxylation is 1. The second-order valence-corrected chi connectivity index (χ2v) is 6.87. The molecule has 1 heterocycles. The molecule has 0 unspecified atom stereocenters. The van der Waals surface area contributed by atoms with Gasteiger partial charge in [0.05, 0.1) is 24.4 Å². The van der Waals surface area contributed by atoms with Crippen LogP contribution in [0.1, 0.15) is 15.9 Å². The summed E-state index contributed by atoms with van der Waals surface area (Å²) in [5.41, 5.74) is 2.32. The molecule has 0 aliphatic carbocycles. The first-order chi connectivity index (χ1) is 12.5. The summed E-state index contributed by atoms with van der Waals surface area (Å²) in [6, 6.07) is 11.1. The molecule has 8 heteroatoms. The molecule has 0 atom stereocenters. The number of hydrogen-bond acceptors (Lipinski definition) is 6. The topological polar surface area (TPSA) is 72.5 Å². The van der Waals surface area contributed by atoms with Gasteiger partial charge in [-0.2, -0.15) is 0 Å². The normalized spacial score (nSPS) is 10.4. The largest absolute Gasteiger partial charge is 0.496 e. The van der Waals surface area contributed by atoms with Crippen molar-refractivity contribution < 1.29 is 14.3 Å². The Morgan fingerprint density at radius 2 is 1.85 bits per heavy atom. The van der Waals surface area contributed by atoms with Gasteiger partial charge in [-0.25, -0.2) is 4.98 Å². The highest BCUT2D eigenvalue weighted by molar-refractivity contribution is 7.80. The number of benzene rings is 2. The Kier molecular flexibility index (Phi) is 5.34. The van der Waals surface area contributed by atoms with Crippen LogP contribution >= 0.6 is 23.6 Å². The van der Waals surface area contributed by atoms with Crippen molar-refractivity contribution in [2.45, 2.75) is 6.92 Å². The Balaban J connectivity index is 1.76. The van der Waals surface area contributed by atoms with Crippen LogP contribution in [0.4, 0.5) is 5.13 Å². The number of methoxy groups -OCH3 is 2. The summed E-state index contributed by atoms with van der Waals surface area (Å²) in [4.78, 5) is 17.1. The molecule has 0 radical (unpaired) electrons. The number of nitrogens with one attached hydrogen (secondary N) is 2. The van der Waals surface area contributed by atoms with Gasteiger partial charge in [-0.15, -0.1) is 0 Å². The second-order valence-electron chi connectivity index (χ2n) is 5.44. The van der Waals surface area contributed by atoms with E-state index >= 15 is 0 Å². The zero-order valence-corrected chi connectivity index (χ0v) is 16.1. The number of aromatic nitrogens is 1. The van der Waals surface area contributed by atoms with Gasteiger partial charge < -0.3 is 14.8 Å². The molecule has 134 valence electrons. The second kappa shape index (κ2) is 7.67. The zero-order valence-electron chi connectivity index (χ0n) is 14.5. The Labute approximate surface area is 160 Å². The molecule has 3 aromatic rings. The van der Waals surface area contributed by atoms with Crippen LogP contribution in [0.3, 0.4) is 0 Å². The third kappa shape index (κ3) is 3.76. The van der Waals surface area contributed by atoms with E-state index < -0.39 is 5.91 Å². The molecule has 2 aromatic carbocycles. The van der Waals surface area contributed by atoms with Gasteiger partial charge in [-0.1, -0.05) is 23.5 Å². The molecule has 2 N–H and O–H groups in total. The average molecular weight is 387 g/mol. The number of carbonyl (C=O) groups is 1. The van der Waals surface area contributed by atoms with Gasteiger partial charge in [0, 0.05) is 0 Å². The number of anilines is 1. The van der Waals surface area contributed by atoms with Crippen LogP contribution in [-0.4, -0.2) is 30.2 Å². The predicted molar refractivity (Wildman–Crippen MR) is 108 cm³/mol. The Morgan fingerprint density at radius 1 is 1.15 bits per heavy atom. The van der Waals surface area contributed by atoms with Crippen LogP contribution in [0.2, 0.25) is 0 Å². The Morgan fingerprint density at radius 3 is 2.50 bits per heavy atom. The van der Waals surface area contributed by atoms with E-state index in [2.05, 4.69) is 21.7 Å². The number of nitrogens with zero attached hydrogens (tertiary/aromatic N) is 1. The van der Waals surface area contributed by atoms with Crippen molar-refractivity contribution in [2.75, 3.05) is 19.5 Å². The summed E-state index contributed by atoms with van der Waals surface area (Å²) < 4.78 is 11.5. The molecular weight excluding hydrogens is 370 g/mol. The first kappa shape index (κ1) is 18.1. The summed E-state index contributed by atoms with van der Waals surface area (Å²) in [5, 5.41) is 6.36. The van der Waals surface area contributed by atoms with E-state index in [1.807, 2.05) is 19.1 Å². The fourth-order valence-corrected chi connectivity index (χ4v) is 3.68. The smallest absolute Gasteiger partial charge is 0.264 e. The van der Waals surface area contributed by atoms with E-state index in [4.69, 9.17) is 21.7 Å². The minimum atomic E-state index is -0.422. The molecule has 0 fully saturated rings. The van der Waals surface area contributed by atoms with Crippen molar-refractivity contribution in [3.63, 3.8) is 0 Å². The molecule has 26 heavy (non-hydrogen) atoms. The van der Waals surface area contributed by atoms with Crippen LogP contribution in [-0.2, 0) is 0 Å². The van der Waals surface area contributed by atoms with E-state index in [0.29, 0.717) is 16.6 Å². The maximum absolute atomic E-state index is 12.6. The van der Waals surface area contributed by atoms with Crippen LogP contribution in [0.15, 0.2) is 36.4 Å². The highest BCUT2D eigenvalue weighted by Crippen LogP contribution is 2.29. The van der Waals surface area contributed by atoms with Crippen LogP contribution in [0.5, 0.6) is 11.5 Å². The predicted octanol–water partition coefficient (Wildman–Crippen LogP) is 3.75. The molecule has 0 spiro atoms. The number of fused-ring (bicyclic) bond motifs is 1. The lowest BCUT2D eigenvalue weighted by Crippen LogP contribution is -2.34. The molecular formula is C18H17N3O3S2. The standard InChI is InChI=1S/C18H17N3O3S2/c1-10-7-8-11-14(9-10)26-18(19-11)21-17(25)20-16(22)15-12(23-2)5-4-6-13(15)24-3/h4-9H,1-3H3,(H2,19,20,21,22,25). The summed E-state index contributed by atoms with van der Waals surface area (Å²) in [6.45, 7) is 2.03. The molecule has 3 rings (SSSR count). The Bertz CT molecular complexity index is 963. The fraction of sp³-hybridized carbons (Fsp3) is 0.167. The highest BCUT2D eigenvalue weighted by atomic mass is 32.1. The van der Waals surface area contributed by atoms with E-state index in [-0.39, 0.29) is 10.7 Å². The van der Waals surface area contributed by atoms with Crippen molar-refractivity contribution in [3.05, 3.63) is 47.5 Å². The van der Waals surface area contributed by atoms with E-state index in [1.54, 1.807) is 18.2 Å². The van der Waals surface area contributed by atoms with Gasteiger partial charge in [0.15, 0.2) is 10.2 Å². The van der Waals surface area contributed by atoms with Crippen LogP contribution in [0.25, 0.3) is 10.2 Å². The number of ether oxygens (including phenoxy) is 2. The molecule has 0 aliphatic rings. The quantitative estimate of drug-likeness (QED) is 0.665. The summed E-state index contributed by atoms with van der Waals surface area (Å²) >= 11 is 6.71. The van der Waals surface area contributed by atoms with Crippen molar-refractivity contribution in [1.29, 1.82) is 0 Å². The number of thiocarbonyl (C=S) groups is 1. The van der Waals surface area contributed by atoms with Crippen molar-refractivity contribution in [2.24, 2.45) is 0 Å². The van der Waals surface area contributed by atoms with E-state index in [0.717, 1.165) is 15.8 Å². The number of hydrogen-bond donors (Lipinski definition) is 2. The molecule has 0 bridgehead atoms. The number of rotatable bonds is 4. The molecule has 6 nitrogen and oxygen atoms in total. The average Bonchev–Trinajstić information content (AvgIpc) is 3.01. The molecule has 0 saturated heterocycles. The highest BCUT2D eigenvalue weighted by Gasteiger charge is 2.19. The molecule has 0 saturated carbocycles. The SMILES string of the molecule is COc1cccc(OC)c1C(=O)NC(=S)Nc1nc2ccc(C)cc2s1. The van der Waals surface area contributed by atoms with E-state index in [1.165, 1.54) is 25.6 Å². The van der Waals surface area contributed by atoms with E-state index in [9.17, 15) is 4.79 Å². The lowest BCUT2D eigenvalue weighted by Gasteiger charge is -2.13. The van der Waals surface area contributed by atoms with Crippen LogP contribution < -0.4 is 20.1 Å². The van der Waals surface area contributed by atoms with Gasteiger partial charge in [0.1, 0.15) is 17.1 Å². The molecule has 1 aromatic heterocycles. The van der Waals surface area contributed by atoms with Gasteiger partial charge in [0.25, 0.3) is 5.91 Å². The zero-order chi connectivity index (χ0) is 18.7. The molecule has 1 amide bonds. The minimum absolute atomic E-state index is 0.152. The Hall–Kier alpha value is -2.71. The van der Waals surface area contributed by atoms with Crippen molar-refractivity contribution in [1.82, 2.24) is 10.3 Å². The third-order valence-electron chi connectivity index (χ3n) is 3.65. The maximum atomic E-state index is 12.6. The van der Waals surface area contributed by atoms with Crippen molar-refractivity contribution >= 4 is 49.9 Å². The van der Waals surface area contributed by atoms with Crippen LogP contribution in [0, 0.1) is 6.92 Å². The lowest BCUT2D eigenvalue weighted by molar-refractivity contribution is 0.0971. The summed E-state index contributed by atoms with van der Waals surface area (Å²) in [5.74, 6) is 0.383. The van der Waals surface area contributed by atoms with Gasteiger partial charge in [0.2, 0.25) is 0 Å². The van der Waals surface area contributed by atoms with Gasteiger partial charge >= 0.3 is 0 Å². The maximum Gasteiger partial charge on any atom is 0.264 e. The minimum Gasteiger partial charge on any atom is -0.496 e. The first-order valence-electron chi connectivity index (χ1n) is 7.72. The van der Waals surface area contributed by atoms with Gasteiger partial charge in [-0.3, -0.25) is 10.1 Å². The number of amides is 1. The number of carbonyl (C=O) groups excluding carboxylic acids is 1. The molecule has 0 aliphatic heterocycles. The summed E-state index contributed by atoms with van der Waals surface area (Å²) in [6.07, 6.45) is 0. The lowest BCUT2D eigenvalue weighted by atomic mass is 10.1. The monoisotopic (exact) mass is 387 g/mol. The first-order valence-corrected chi connectivity index (χ1v) is 8.95. The fourth-order valence-electron chi connectivity index (χ4n) is 2.45.